The van der Waals surface area contributed by atoms with Crippen molar-refractivity contribution in [1.29, 1.82) is 0 Å². The Morgan fingerprint density at radius 1 is 1.41 bits per heavy atom. The molecule has 0 aromatic heterocycles. The smallest absolute Gasteiger partial charge is 0.222 e. The maximum atomic E-state index is 12.3. The molecule has 2 aliphatic heterocycles. The van der Waals surface area contributed by atoms with Crippen molar-refractivity contribution in [3.63, 3.8) is 0 Å². The van der Waals surface area contributed by atoms with E-state index < -0.39 is 0 Å². The van der Waals surface area contributed by atoms with Crippen LogP contribution in [0.15, 0.2) is 24.3 Å². The zero-order valence-electron chi connectivity index (χ0n) is 13.2. The summed E-state index contributed by atoms with van der Waals surface area (Å²) in [5.74, 6) is 1.02. The average molecular weight is 325 g/mol. The highest BCUT2D eigenvalue weighted by Crippen LogP contribution is 2.39. The summed E-state index contributed by atoms with van der Waals surface area (Å²) < 4.78 is 6.00. The number of nitrogens with one attached hydrogen (secondary N) is 2. The Kier molecular flexibility index (Phi) is 5.35. The number of halogens is 1. The van der Waals surface area contributed by atoms with Gasteiger partial charge in [-0.3, -0.25) is 4.79 Å². The highest BCUT2D eigenvalue weighted by molar-refractivity contribution is 5.85. The van der Waals surface area contributed by atoms with Gasteiger partial charge in [-0.2, -0.15) is 0 Å². The fraction of sp³-hybridized carbons (Fsp3) is 0.588. The van der Waals surface area contributed by atoms with Crippen molar-refractivity contribution in [1.82, 2.24) is 10.6 Å². The molecular formula is C17H25ClN2O2. The second-order valence-corrected chi connectivity index (χ2v) is 6.72. The first-order chi connectivity index (χ1) is 10.0. The third-order valence-electron chi connectivity index (χ3n) is 4.31. The molecule has 5 heteroatoms. The largest absolute Gasteiger partial charge is 0.487 e. The number of amides is 1. The molecule has 1 aromatic rings. The van der Waals surface area contributed by atoms with Gasteiger partial charge >= 0.3 is 0 Å². The monoisotopic (exact) mass is 324 g/mol. The molecule has 22 heavy (non-hydrogen) atoms. The lowest BCUT2D eigenvalue weighted by molar-refractivity contribution is -0.122. The standard InChI is InChI=1S/C17H24N2O2.ClH/c1-17(2)11-14(13-7-3-4-8-15(13)21-17)19-16(20)10-12-6-5-9-18-12;/h3-4,7-8,12,14,18H,5-6,9-11H2,1-2H3,(H,19,20);1H. The van der Waals surface area contributed by atoms with Crippen LogP contribution in [0, 0.1) is 0 Å². The van der Waals surface area contributed by atoms with Gasteiger partial charge in [0, 0.05) is 24.4 Å². The van der Waals surface area contributed by atoms with E-state index in [-0.39, 0.29) is 30.0 Å². The van der Waals surface area contributed by atoms with Gasteiger partial charge in [0.25, 0.3) is 0 Å². The minimum absolute atomic E-state index is 0. The van der Waals surface area contributed by atoms with E-state index in [1.54, 1.807) is 0 Å². The first kappa shape index (κ1) is 17.1. The van der Waals surface area contributed by atoms with Gasteiger partial charge in [-0.25, -0.2) is 0 Å². The van der Waals surface area contributed by atoms with Gasteiger partial charge in [-0.05, 0) is 39.3 Å². The number of ether oxygens (including phenoxy) is 1. The van der Waals surface area contributed by atoms with Crippen LogP contribution in [0.25, 0.3) is 0 Å². The lowest BCUT2D eigenvalue weighted by Crippen LogP contribution is -2.42. The maximum absolute atomic E-state index is 12.3. The van der Waals surface area contributed by atoms with Gasteiger partial charge in [-0.1, -0.05) is 18.2 Å². The second-order valence-electron chi connectivity index (χ2n) is 6.72. The van der Waals surface area contributed by atoms with Crippen LogP contribution < -0.4 is 15.4 Å². The van der Waals surface area contributed by atoms with E-state index in [0.717, 1.165) is 30.7 Å². The molecule has 0 bridgehead atoms. The molecule has 4 nitrogen and oxygen atoms in total. The van der Waals surface area contributed by atoms with Crippen molar-refractivity contribution in [2.45, 2.75) is 57.2 Å². The average Bonchev–Trinajstić information content (AvgIpc) is 2.90. The topological polar surface area (TPSA) is 50.4 Å². The SMILES string of the molecule is CC1(C)CC(NC(=O)CC2CCCN2)c2ccccc2O1.Cl. The number of carbonyl (C=O) groups excluding carboxylic acids is 1. The highest BCUT2D eigenvalue weighted by atomic mass is 35.5. The van der Waals surface area contributed by atoms with Gasteiger partial charge < -0.3 is 15.4 Å². The normalized spacial score (nSPS) is 25.5. The maximum Gasteiger partial charge on any atom is 0.222 e. The van der Waals surface area contributed by atoms with Crippen LogP contribution >= 0.6 is 12.4 Å². The molecule has 0 radical (unpaired) electrons. The van der Waals surface area contributed by atoms with E-state index in [0.29, 0.717) is 12.5 Å². The van der Waals surface area contributed by atoms with E-state index in [4.69, 9.17) is 4.74 Å². The van der Waals surface area contributed by atoms with E-state index in [9.17, 15) is 4.79 Å². The van der Waals surface area contributed by atoms with Crippen LogP contribution in [-0.2, 0) is 4.79 Å². The molecule has 2 heterocycles. The predicted octanol–water partition coefficient (Wildman–Crippen LogP) is 2.97. The van der Waals surface area contributed by atoms with Gasteiger partial charge in [0.15, 0.2) is 0 Å². The lowest BCUT2D eigenvalue weighted by atomic mass is 9.89. The van der Waals surface area contributed by atoms with Crippen LogP contribution in [-0.4, -0.2) is 24.1 Å². The van der Waals surface area contributed by atoms with Crippen molar-refractivity contribution in [3.8, 4) is 5.75 Å². The summed E-state index contributed by atoms with van der Waals surface area (Å²) >= 11 is 0. The van der Waals surface area contributed by atoms with Crippen molar-refractivity contribution in [3.05, 3.63) is 29.8 Å². The second kappa shape index (κ2) is 6.88. The Morgan fingerprint density at radius 2 is 2.18 bits per heavy atom. The minimum Gasteiger partial charge on any atom is -0.487 e. The zero-order valence-corrected chi connectivity index (χ0v) is 14.0. The van der Waals surface area contributed by atoms with Gasteiger partial charge in [0.05, 0.1) is 6.04 Å². The first-order valence-electron chi connectivity index (χ1n) is 7.84. The molecule has 2 atom stereocenters. The Hall–Kier alpha value is -1.26. The van der Waals surface area contributed by atoms with Gasteiger partial charge in [0.2, 0.25) is 5.91 Å². The first-order valence-corrected chi connectivity index (χ1v) is 7.84. The van der Waals surface area contributed by atoms with Crippen LogP contribution in [0.2, 0.25) is 0 Å². The van der Waals surface area contributed by atoms with Crippen LogP contribution in [0.4, 0.5) is 0 Å². The summed E-state index contributed by atoms with van der Waals surface area (Å²) in [6.07, 6.45) is 3.64. The van der Waals surface area contributed by atoms with Crippen molar-refractivity contribution >= 4 is 18.3 Å². The zero-order chi connectivity index (χ0) is 14.9. The third kappa shape index (κ3) is 3.93. The van der Waals surface area contributed by atoms with Gasteiger partial charge in [0.1, 0.15) is 11.4 Å². The molecule has 2 unspecified atom stereocenters. The summed E-state index contributed by atoms with van der Waals surface area (Å²) in [6.45, 7) is 5.17. The number of benzene rings is 1. The molecule has 0 aliphatic carbocycles. The molecule has 1 aromatic carbocycles. The Bertz CT molecular complexity index is 527. The molecule has 1 amide bonds. The fourth-order valence-electron chi connectivity index (χ4n) is 3.34. The Morgan fingerprint density at radius 3 is 2.91 bits per heavy atom. The number of rotatable bonds is 3. The summed E-state index contributed by atoms with van der Waals surface area (Å²) in [7, 11) is 0. The number of hydrogen-bond acceptors (Lipinski definition) is 3. The van der Waals surface area contributed by atoms with Crippen molar-refractivity contribution in [2.75, 3.05) is 6.54 Å². The summed E-state index contributed by atoms with van der Waals surface area (Å²) in [5.41, 5.74) is 0.835. The molecule has 1 saturated heterocycles. The quantitative estimate of drug-likeness (QED) is 0.898. The molecule has 2 N–H and O–H groups in total. The molecule has 1 fully saturated rings. The number of para-hydroxylation sites is 1. The Balaban J connectivity index is 0.00000176. The lowest BCUT2D eigenvalue weighted by Gasteiger charge is -2.38. The summed E-state index contributed by atoms with van der Waals surface area (Å²) in [4.78, 5) is 12.3. The van der Waals surface area contributed by atoms with E-state index in [2.05, 4.69) is 24.5 Å². The molecule has 0 spiro atoms. The molecule has 2 aliphatic rings. The van der Waals surface area contributed by atoms with E-state index in [1.165, 1.54) is 6.42 Å². The number of hydrogen-bond donors (Lipinski definition) is 2. The van der Waals surface area contributed by atoms with Crippen molar-refractivity contribution < 1.29 is 9.53 Å². The highest BCUT2D eigenvalue weighted by Gasteiger charge is 2.34. The van der Waals surface area contributed by atoms with Crippen LogP contribution in [0.1, 0.15) is 51.1 Å². The number of carbonyl (C=O) groups is 1. The number of fused-ring (bicyclic) bond motifs is 1. The summed E-state index contributed by atoms with van der Waals surface area (Å²) in [5, 5.41) is 6.57. The third-order valence-corrected chi connectivity index (χ3v) is 4.31. The Labute approximate surface area is 138 Å². The molecule has 3 rings (SSSR count). The minimum atomic E-state index is -0.252. The summed E-state index contributed by atoms with van der Waals surface area (Å²) in [6, 6.07) is 8.38. The molecule has 122 valence electrons. The van der Waals surface area contributed by atoms with Gasteiger partial charge in [-0.15, -0.1) is 12.4 Å². The fourth-order valence-corrected chi connectivity index (χ4v) is 3.34. The van der Waals surface area contributed by atoms with E-state index in [1.807, 2.05) is 24.3 Å². The van der Waals surface area contributed by atoms with Crippen molar-refractivity contribution in [2.24, 2.45) is 0 Å². The molecule has 0 saturated carbocycles. The van der Waals surface area contributed by atoms with E-state index >= 15 is 0 Å². The van der Waals surface area contributed by atoms with Crippen LogP contribution in [0.3, 0.4) is 0 Å². The van der Waals surface area contributed by atoms with Crippen LogP contribution in [0.5, 0.6) is 5.75 Å². The molecular weight excluding hydrogens is 300 g/mol. The predicted molar refractivity (Wildman–Crippen MR) is 89.5 cm³/mol.